The summed E-state index contributed by atoms with van der Waals surface area (Å²) in [6.07, 6.45) is 0.853. The Morgan fingerprint density at radius 2 is 2.16 bits per heavy atom. The minimum Gasteiger partial charge on any atom is -0.395 e. The molecule has 0 saturated carbocycles. The van der Waals surface area contributed by atoms with Crippen LogP contribution in [0, 0.1) is 0 Å². The standard InChI is InChI=1S/C12H14F3N3O/c1-2-3-4-7-17-10-6-5-9(12(13,14)15)8-11(10)18(19)16-17/h4-8,18-19H,2-3H2,1H3/b7-4+. The topological polar surface area (TPSA) is 42.0 Å². The molecule has 0 aliphatic carbocycles. The Bertz CT molecular complexity index is 488. The molecule has 7 heteroatoms. The number of nitrogens with zero attached hydrogens (tertiary/aromatic N) is 2. The molecule has 1 atom stereocenters. The third-order valence-corrected chi connectivity index (χ3v) is 2.72. The van der Waals surface area contributed by atoms with Crippen LogP contribution in [0.15, 0.2) is 30.5 Å². The summed E-state index contributed by atoms with van der Waals surface area (Å²) in [7, 11) is 0. The lowest BCUT2D eigenvalue weighted by Gasteiger charge is -2.23. The van der Waals surface area contributed by atoms with Crippen molar-refractivity contribution in [1.82, 2.24) is 0 Å². The van der Waals surface area contributed by atoms with E-state index in [4.69, 9.17) is 0 Å². The average molecular weight is 273 g/mol. The Morgan fingerprint density at radius 3 is 2.79 bits per heavy atom. The molecule has 1 aliphatic rings. The molecular formula is C12H14F3N3O. The molecule has 1 aliphatic heterocycles. The number of hydrogen-bond donors (Lipinski definition) is 2. The van der Waals surface area contributed by atoms with Crippen LogP contribution < -0.4 is 10.2 Å². The van der Waals surface area contributed by atoms with Crippen LogP contribution in [-0.2, 0) is 6.18 Å². The maximum absolute atomic E-state index is 12.6. The first-order valence-corrected chi connectivity index (χ1v) is 5.88. The van der Waals surface area contributed by atoms with Crippen molar-refractivity contribution in [1.29, 1.82) is 0 Å². The fourth-order valence-electron chi connectivity index (χ4n) is 1.76. The summed E-state index contributed by atoms with van der Waals surface area (Å²) in [4.78, 5) is 0. The minimum atomic E-state index is -4.43. The van der Waals surface area contributed by atoms with Crippen LogP contribution in [0.2, 0.25) is 0 Å². The first kappa shape index (κ1) is 13.9. The Morgan fingerprint density at radius 1 is 1.42 bits per heavy atom. The highest BCUT2D eigenvalue weighted by molar-refractivity contribution is 5.69. The van der Waals surface area contributed by atoms with Crippen molar-refractivity contribution in [2.24, 2.45) is 0 Å². The second kappa shape index (κ2) is 5.20. The second-order valence-electron chi connectivity index (χ2n) is 4.17. The van der Waals surface area contributed by atoms with Gasteiger partial charge in [-0.3, -0.25) is 0 Å². The van der Waals surface area contributed by atoms with Crippen molar-refractivity contribution in [2.75, 3.05) is 5.01 Å². The van der Waals surface area contributed by atoms with Gasteiger partial charge >= 0.3 is 6.18 Å². The predicted molar refractivity (Wildman–Crippen MR) is 63.7 cm³/mol. The van der Waals surface area contributed by atoms with Crippen molar-refractivity contribution < 1.29 is 23.6 Å². The summed E-state index contributed by atoms with van der Waals surface area (Å²) < 4.78 is 37.7. The lowest BCUT2D eigenvalue weighted by atomic mass is 10.1. The smallest absolute Gasteiger partial charge is 0.395 e. The zero-order valence-electron chi connectivity index (χ0n) is 10.3. The molecule has 0 saturated heterocycles. The molecule has 2 rings (SSSR count). The molecule has 0 radical (unpaired) electrons. The number of hydrogen-bond acceptors (Lipinski definition) is 2. The molecule has 1 aromatic carbocycles. The molecule has 19 heavy (non-hydrogen) atoms. The summed E-state index contributed by atoms with van der Waals surface area (Å²) in [6, 6.07) is 3.19. The van der Waals surface area contributed by atoms with Gasteiger partial charge in [0.05, 0.1) is 11.3 Å². The number of unbranched alkanes of at least 4 members (excludes halogenated alkanes) is 1. The Labute approximate surface area is 108 Å². The number of quaternary nitrogens is 1. The maximum atomic E-state index is 12.6. The fourth-order valence-corrected chi connectivity index (χ4v) is 1.76. The average Bonchev–Trinajstić information content (AvgIpc) is 2.66. The molecule has 1 unspecified atom stereocenters. The largest absolute Gasteiger partial charge is 0.416 e. The van der Waals surface area contributed by atoms with E-state index in [-0.39, 0.29) is 5.69 Å². The minimum absolute atomic E-state index is 0.0935. The monoisotopic (exact) mass is 273 g/mol. The molecule has 0 bridgehead atoms. The van der Waals surface area contributed by atoms with Gasteiger partial charge in [-0.25, -0.2) is 10.4 Å². The van der Waals surface area contributed by atoms with Crippen LogP contribution in [0.4, 0.5) is 24.5 Å². The first-order chi connectivity index (χ1) is 8.93. The van der Waals surface area contributed by atoms with E-state index in [1.165, 1.54) is 11.1 Å². The summed E-state index contributed by atoms with van der Waals surface area (Å²) in [6.45, 7) is 2.01. The van der Waals surface area contributed by atoms with Gasteiger partial charge in [-0.05, 0) is 24.8 Å². The summed E-state index contributed by atoms with van der Waals surface area (Å²) in [5.74, 6) is 0. The molecule has 1 heterocycles. The lowest BCUT2D eigenvalue weighted by Crippen LogP contribution is -2.99. The van der Waals surface area contributed by atoms with Crippen LogP contribution in [0.5, 0.6) is 0 Å². The highest BCUT2D eigenvalue weighted by atomic mass is 19.4. The quantitative estimate of drug-likeness (QED) is 0.889. The summed E-state index contributed by atoms with van der Waals surface area (Å²) in [5, 5.41) is 10.6. The highest BCUT2D eigenvalue weighted by Crippen LogP contribution is 2.36. The highest BCUT2D eigenvalue weighted by Gasteiger charge is 2.33. The normalized spacial score (nSPS) is 19.2. The van der Waals surface area contributed by atoms with Gasteiger partial charge in [-0.15, -0.1) is 0 Å². The van der Waals surface area contributed by atoms with E-state index in [0.717, 1.165) is 25.0 Å². The molecule has 0 aromatic heterocycles. The number of benzene rings is 1. The number of allylic oxidation sites excluding steroid dienone is 1. The van der Waals surface area contributed by atoms with Gasteiger partial charge in [-0.2, -0.15) is 13.2 Å². The first-order valence-electron chi connectivity index (χ1n) is 5.88. The number of halogens is 3. The van der Waals surface area contributed by atoms with E-state index in [9.17, 15) is 18.4 Å². The van der Waals surface area contributed by atoms with Gasteiger partial charge in [-0.1, -0.05) is 19.4 Å². The number of nitrogens with one attached hydrogen (secondary N) is 1. The lowest BCUT2D eigenvalue weighted by molar-refractivity contribution is -0.999. The fraction of sp³-hybridized carbons (Fsp3) is 0.333. The number of alkyl halides is 3. The van der Waals surface area contributed by atoms with E-state index in [0.29, 0.717) is 5.69 Å². The zero-order chi connectivity index (χ0) is 14.0. The van der Waals surface area contributed by atoms with E-state index < -0.39 is 16.9 Å². The van der Waals surface area contributed by atoms with Gasteiger partial charge in [0.2, 0.25) is 0 Å². The molecule has 1 aromatic rings. The van der Waals surface area contributed by atoms with Crippen LogP contribution in [-0.4, -0.2) is 5.21 Å². The van der Waals surface area contributed by atoms with E-state index >= 15 is 0 Å². The van der Waals surface area contributed by atoms with Crippen LogP contribution in [0.1, 0.15) is 25.3 Å². The summed E-state index contributed by atoms with van der Waals surface area (Å²) >= 11 is 0. The molecule has 104 valence electrons. The van der Waals surface area contributed by atoms with Crippen LogP contribution in [0.3, 0.4) is 0 Å². The SMILES string of the molecule is CCC/C=C/N1[N-][NH+](O)c2cc(C(F)(F)F)ccc21. The van der Waals surface area contributed by atoms with Crippen LogP contribution >= 0.6 is 0 Å². The predicted octanol–water partition coefficient (Wildman–Crippen LogP) is 2.95. The van der Waals surface area contributed by atoms with Crippen molar-refractivity contribution in [3.8, 4) is 0 Å². The number of rotatable bonds is 3. The Kier molecular flexibility index (Phi) is 3.79. The molecule has 2 N–H and O–H groups in total. The van der Waals surface area contributed by atoms with Crippen molar-refractivity contribution in [2.45, 2.75) is 25.9 Å². The molecule has 4 nitrogen and oxygen atoms in total. The second-order valence-corrected chi connectivity index (χ2v) is 4.17. The van der Waals surface area contributed by atoms with Crippen molar-refractivity contribution in [3.05, 3.63) is 41.6 Å². The Hall–Kier alpha value is -1.57. The summed E-state index contributed by atoms with van der Waals surface area (Å²) in [5.41, 5.74) is 3.54. The third-order valence-electron chi connectivity index (χ3n) is 2.72. The molecule has 0 amide bonds. The molecular weight excluding hydrogens is 259 g/mol. The van der Waals surface area contributed by atoms with Crippen LogP contribution in [0.25, 0.3) is 5.53 Å². The van der Waals surface area contributed by atoms with E-state index in [1.807, 2.05) is 13.0 Å². The number of anilines is 1. The third kappa shape index (κ3) is 2.89. The zero-order valence-corrected chi connectivity index (χ0v) is 10.3. The maximum Gasteiger partial charge on any atom is 0.416 e. The van der Waals surface area contributed by atoms with Gasteiger partial charge < -0.3 is 10.5 Å². The van der Waals surface area contributed by atoms with Gasteiger partial charge in [0.25, 0.3) is 0 Å². The van der Waals surface area contributed by atoms with Crippen molar-refractivity contribution >= 4 is 11.4 Å². The molecule has 0 fully saturated rings. The van der Waals surface area contributed by atoms with E-state index in [2.05, 4.69) is 5.53 Å². The Balaban J connectivity index is 2.29. The number of fused-ring (bicyclic) bond motifs is 1. The van der Waals surface area contributed by atoms with Crippen molar-refractivity contribution in [3.63, 3.8) is 0 Å². The molecule has 0 spiro atoms. The van der Waals surface area contributed by atoms with Gasteiger partial charge in [0, 0.05) is 6.07 Å². The van der Waals surface area contributed by atoms with Gasteiger partial charge in [0.1, 0.15) is 0 Å². The van der Waals surface area contributed by atoms with E-state index in [1.54, 1.807) is 6.20 Å². The van der Waals surface area contributed by atoms with Gasteiger partial charge in [0.15, 0.2) is 5.69 Å².